The Kier molecular flexibility index (Phi) is 6.70. The quantitative estimate of drug-likeness (QED) is 0.562. The maximum absolute atomic E-state index is 13.6. The normalized spacial score (nSPS) is 12.3. The minimum atomic E-state index is -0.284. The van der Waals surface area contributed by atoms with Gasteiger partial charge in [-0.05, 0) is 49.6 Å². The van der Waals surface area contributed by atoms with Crippen LogP contribution in [0.3, 0.4) is 0 Å². The van der Waals surface area contributed by atoms with E-state index in [4.69, 9.17) is 4.98 Å². The summed E-state index contributed by atoms with van der Waals surface area (Å²) in [5.74, 6) is 0.560. The Bertz CT molecular complexity index is 1080. The first-order valence-corrected chi connectivity index (χ1v) is 10.8. The van der Waals surface area contributed by atoms with Crippen LogP contribution in [0.5, 0.6) is 0 Å². The fourth-order valence-corrected chi connectivity index (χ4v) is 3.91. The molecule has 0 N–H and O–H groups in total. The summed E-state index contributed by atoms with van der Waals surface area (Å²) in [6, 6.07) is 15.1. The average Bonchev–Trinajstić information content (AvgIpc) is 2.77. The first-order valence-electron chi connectivity index (χ1n) is 10.8. The van der Waals surface area contributed by atoms with Crippen molar-refractivity contribution in [2.45, 2.75) is 53.5 Å². The molecule has 0 fully saturated rings. The second-order valence-electron chi connectivity index (χ2n) is 7.85. The number of aryl methyl sites for hydroxylation is 1. The van der Waals surface area contributed by atoms with E-state index >= 15 is 0 Å². The van der Waals surface area contributed by atoms with Gasteiger partial charge in [0, 0.05) is 12.5 Å². The Labute approximate surface area is 178 Å². The summed E-state index contributed by atoms with van der Waals surface area (Å²) in [4.78, 5) is 33.2. The van der Waals surface area contributed by atoms with Gasteiger partial charge >= 0.3 is 0 Å². The molecule has 2 aromatic carbocycles. The molecule has 0 aliphatic heterocycles. The second-order valence-corrected chi connectivity index (χ2v) is 7.85. The topological polar surface area (TPSA) is 55.2 Å². The van der Waals surface area contributed by atoms with Crippen molar-refractivity contribution in [2.24, 2.45) is 5.92 Å². The molecular weight excluding hydrogens is 374 g/mol. The third kappa shape index (κ3) is 4.02. The van der Waals surface area contributed by atoms with Gasteiger partial charge in [0.25, 0.3) is 5.56 Å². The van der Waals surface area contributed by atoms with Crippen LogP contribution in [0.15, 0.2) is 53.3 Å². The number of carbonyl (C=O) groups excluding carboxylic acids is 1. The van der Waals surface area contributed by atoms with Crippen molar-refractivity contribution >= 4 is 16.8 Å². The summed E-state index contributed by atoms with van der Waals surface area (Å²) >= 11 is 0. The number of amides is 1. The van der Waals surface area contributed by atoms with Gasteiger partial charge in [-0.25, -0.2) is 4.98 Å². The van der Waals surface area contributed by atoms with Crippen LogP contribution in [0.25, 0.3) is 16.6 Å². The molecule has 1 unspecified atom stereocenters. The van der Waals surface area contributed by atoms with E-state index in [1.54, 1.807) is 4.57 Å². The van der Waals surface area contributed by atoms with Crippen molar-refractivity contribution in [1.29, 1.82) is 0 Å². The van der Waals surface area contributed by atoms with Crippen molar-refractivity contribution in [3.63, 3.8) is 0 Å². The highest BCUT2D eigenvalue weighted by molar-refractivity contribution is 5.79. The Balaban J connectivity index is 2.30. The summed E-state index contributed by atoms with van der Waals surface area (Å²) in [5.41, 5.74) is 2.54. The zero-order valence-corrected chi connectivity index (χ0v) is 18.6. The minimum absolute atomic E-state index is 0.0691. The molecule has 5 heteroatoms. The van der Waals surface area contributed by atoms with Crippen LogP contribution in [0, 0.1) is 5.92 Å². The minimum Gasteiger partial charge on any atom is -0.333 e. The number of para-hydroxylation sites is 1. The van der Waals surface area contributed by atoms with Crippen LogP contribution in [0.2, 0.25) is 0 Å². The fourth-order valence-electron chi connectivity index (χ4n) is 3.91. The van der Waals surface area contributed by atoms with Crippen LogP contribution in [0.1, 0.15) is 58.5 Å². The van der Waals surface area contributed by atoms with Gasteiger partial charge in [-0.1, -0.05) is 52.0 Å². The van der Waals surface area contributed by atoms with Crippen molar-refractivity contribution in [3.05, 3.63) is 70.3 Å². The number of rotatable bonds is 7. The van der Waals surface area contributed by atoms with E-state index in [1.807, 2.05) is 81.1 Å². The van der Waals surface area contributed by atoms with E-state index < -0.39 is 0 Å². The predicted molar refractivity (Wildman–Crippen MR) is 122 cm³/mol. The van der Waals surface area contributed by atoms with Crippen LogP contribution in [-0.2, 0) is 11.2 Å². The first-order chi connectivity index (χ1) is 14.4. The van der Waals surface area contributed by atoms with E-state index in [-0.39, 0.29) is 23.4 Å². The number of nitrogens with zero attached hydrogens (tertiary/aromatic N) is 3. The lowest BCUT2D eigenvalue weighted by atomic mass is 10.1. The average molecular weight is 406 g/mol. The second kappa shape index (κ2) is 9.24. The highest BCUT2D eigenvalue weighted by atomic mass is 16.2. The molecule has 0 saturated heterocycles. The maximum Gasteiger partial charge on any atom is 0.266 e. The third-order valence-electron chi connectivity index (χ3n) is 5.58. The van der Waals surface area contributed by atoms with Crippen LogP contribution < -0.4 is 5.56 Å². The smallest absolute Gasteiger partial charge is 0.266 e. The standard InChI is InChI=1S/C25H31N3O2/c1-6-18-13-15-19(16-14-18)28-23(22(7-2)27(8-3)24(29)17(4)5)26-21-12-10-9-11-20(21)25(28)30/h9-17,22H,6-8H2,1-5H3. The highest BCUT2D eigenvalue weighted by Gasteiger charge is 2.29. The van der Waals surface area contributed by atoms with Crippen LogP contribution in [0.4, 0.5) is 0 Å². The molecule has 1 aromatic heterocycles. The van der Waals surface area contributed by atoms with E-state index in [1.165, 1.54) is 5.56 Å². The molecule has 0 aliphatic rings. The molecular formula is C25H31N3O2. The number of carbonyl (C=O) groups is 1. The molecule has 0 bridgehead atoms. The van der Waals surface area contributed by atoms with E-state index in [2.05, 4.69) is 6.92 Å². The molecule has 1 heterocycles. The summed E-state index contributed by atoms with van der Waals surface area (Å²) < 4.78 is 1.69. The summed E-state index contributed by atoms with van der Waals surface area (Å²) in [5, 5.41) is 0.578. The van der Waals surface area contributed by atoms with Gasteiger partial charge in [0.05, 0.1) is 22.6 Å². The number of benzene rings is 2. The lowest BCUT2D eigenvalue weighted by Gasteiger charge is -2.32. The molecule has 0 aliphatic carbocycles. The van der Waals surface area contributed by atoms with E-state index in [0.29, 0.717) is 29.7 Å². The predicted octanol–water partition coefficient (Wildman–Crippen LogP) is 4.90. The van der Waals surface area contributed by atoms with Crippen molar-refractivity contribution in [1.82, 2.24) is 14.5 Å². The van der Waals surface area contributed by atoms with Crippen LogP contribution >= 0.6 is 0 Å². The van der Waals surface area contributed by atoms with Crippen molar-refractivity contribution < 1.29 is 4.79 Å². The molecule has 0 spiro atoms. The molecule has 0 radical (unpaired) electrons. The van der Waals surface area contributed by atoms with Crippen molar-refractivity contribution in [2.75, 3.05) is 6.54 Å². The SMILES string of the molecule is CCc1ccc(-n2c(C(CC)N(CC)C(=O)C(C)C)nc3ccccc3c2=O)cc1. The Hall–Kier alpha value is -2.95. The molecule has 3 aromatic rings. The monoisotopic (exact) mass is 405 g/mol. The molecule has 5 nitrogen and oxygen atoms in total. The third-order valence-corrected chi connectivity index (χ3v) is 5.58. The molecule has 0 saturated carbocycles. The molecule has 3 rings (SSSR count). The number of fused-ring (bicyclic) bond motifs is 1. The Morgan fingerprint density at radius 1 is 1.03 bits per heavy atom. The molecule has 1 atom stereocenters. The first kappa shape index (κ1) is 21.8. The van der Waals surface area contributed by atoms with Gasteiger partial charge in [-0.2, -0.15) is 0 Å². The summed E-state index contributed by atoms with van der Waals surface area (Å²) in [7, 11) is 0. The zero-order valence-electron chi connectivity index (χ0n) is 18.6. The van der Waals surface area contributed by atoms with Gasteiger partial charge in [0.15, 0.2) is 0 Å². The van der Waals surface area contributed by atoms with E-state index in [0.717, 1.165) is 12.1 Å². The molecule has 1 amide bonds. The highest BCUT2D eigenvalue weighted by Crippen LogP contribution is 2.27. The van der Waals surface area contributed by atoms with Crippen molar-refractivity contribution in [3.8, 4) is 5.69 Å². The maximum atomic E-state index is 13.6. The van der Waals surface area contributed by atoms with Crippen LogP contribution in [-0.4, -0.2) is 26.9 Å². The van der Waals surface area contributed by atoms with Gasteiger partial charge < -0.3 is 4.90 Å². The van der Waals surface area contributed by atoms with Gasteiger partial charge in [0.2, 0.25) is 5.91 Å². The van der Waals surface area contributed by atoms with Gasteiger partial charge in [0.1, 0.15) is 5.82 Å². The number of aromatic nitrogens is 2. The largest absolute Gasteiger partial charge is 0.333 e. The lowest BCUT2D eigenvalue weighted by molar-refractivity contribution is -0.137. The Morgan fingerprint density at radius 2 is 1.70 bits per heavy atom. The van der Waals surface area contributed by atoms with E-state index in [9.17, 15) is 9.59 Å². The lowest BCUT2D eigenvalue weighted by Crippen LogP contribution is -2.40. The fraction of sp³-hybridized carbons (Fsp3) is 0.400. The summed E-state index contributed by atoms with van der Waals surface area (Å²) in [6.45, 7) is 10.5. The number of hydrogen-bond donors (Lipinski definition) is 0. The molecule has 158 valence electrons. The number of hydrogen-bond acceptors (Lipinski definition) is 3. The van der Waals surface area contributed by atoms with Gasteiger partial charge in [-0.3, -0.25) is 14.2 Å². The molecule has 30 heavy (non-hydrogen) atoms. The zero-order chi connectivity index (χ0) is 21.8. The Morgan fingerprint density at radius 3 is 2.27 bits per heavy atom. The summed E-state index contributed by atoms with van der Waals surface area (Å²) in [6.07, 6.45) is 1.60. The van der Waals surface area contributed by atoms with Gasteiger partial charge in [-0.15, -0.1) is 0 Å².